The van der Waals surface area contributed by atoms with Crippen molar-refractivity contribution in [3.63, 3.8) is 0 Å². The minimum absolute atomic E-state index is 0.632. The molecule has 0 fully saturated rings. The maximum atomic E-state index is 4.83. The Labute approximate surface area is 159 Å². The van der Waals surface area contributed by atoms with Crippen LogP contribution in [0.4, 0.5) is 0 Å². The van der Waals surface area contributed by atoms with Crippen LogP contribution in [0.15, 0.2) is 72.8 Å². The number of benzene rings is 2. The summed E-state index contributed by atoms with van der Waals surface area (Å²) in [5, 5.41) is 4.82. The summed E-state index contributed by atoms with van der Waals surface area (Å²) < 4.78 is 1.88. The second kappa shape index (κ2) is 7.54. The molecule has 0 spiro atoms. The van der Waals surface area contributed by atoms with E-state index in [4.69, 9.17) is 15.1 Å². The quantitative estimate of drug-likeness (QED) is 0.499. The van der Waals surface area contributed by atoms with Crippen LogP contribution < -0.4 is 0 Å². The highest BCUT2D eigenvalue weighted by molar-refractivity contribution is 5.61. The minimum Gasteiger partial charge on any atom is -0.216 e. The Morgan fingerprint density at radius 1 is 0.704 bits per heavy atom. The van der Waals surface area contributed by atoms with E-state index in [0.29, 0.717) is 5.95 Å². The molecule has 4 rings (SSSR count). The summed E-state index contributed by atoms with van der Waals surface area (Å²) in [6.07, 6.45) is 1.71. The molecule has 0 aliphatic rings. The van der Waals surface area contributed by atoms with Crippen LogP contribution in [0.1, 0.15) is 25.2 Å². The average Bonchev–Trinajstić information content (AvgIpc) is 3.19. The minimum atomic E-state index is 0.632. The van der Waals surface area contributed by atoms with Crippen molar-refractivity contribution < 1.29 is 0 Å². The summed E-state index contributed by atoms with van der Waals surface area (Å²) in [4.78, 5) is 9.58. The first-order valence-electron chi connectivity index (χ1n) is 9.36. The van der Waals surface area contributed by atoms with Gasteiger partial charge in [0, 0.05) is 22.5 Å². The number of rotatable bonds is 5. The van der Waals surface area contributed by atoms with E-state index in [2.05, 4.69) is 50.2 Å². The molecular formula is C23H22N4. The van der Waals surface area contributed by atoms with E-state index in [0.717, 1.165) is 46.7 Å². The smallest absolute Gasteiger partial charge is 0.216 e. The molecule has 0 saturated carbocycles. The van der Waals surface area contributed by atoms with Crippen molar-refractivity contribution in [2.45, 2.75) is 26.7 Å². The first-order valence-corrected chi connectivity index (χ1v) is 9.36. The van der Waals surface area contributed by atoms with Gasteiger partial charge in [-0.2, -0.15) is 5.10 Å². The van der Waals surface area contributed by atoms with Crippen molar-refractivity contribution >= 4 is 0 Å². The normalized spacial score (nSPS) is 10.9. The Morgan fingerprint density at radius 3 is 1.93 bits per heavy atom. The van der Waals surface area contributed by atoms with Crippen molar-refractivity contribution in [2.24, 2.45) is 0 Å². The summed E-state index contributed by atoms with van der Waals surface area (Å²) in [5.74, 6) is 0.632. The van der Waals surface area contributed by atoms with E-state index >= 15 is 0 Å². The Kier molecular flexibility index (Phi) is 4.79. The number of hydrogen-bond donors (Lipinski definition) is 0. The van der Waals surface area contributed by atoms with Crippen molar-refractivity contribution in [1.82, 2.24) is 19.7 Å². The molecular weight excluding hydrogens is 332 g/mol. The monoisotopic (exact) mass is 354 g/mol. The van der Waals surface area contributed by atoms with Gasteiger partial charge in [-0.05, 0) is 25.0 Å². The predicted octanol–water partition coefficient (Wildman–Crippen LogP) is 5.12. The number of aromatic nitrogens is 4. The third kappa shape index (κ3) is 3.51. The zero-order valence-electron chi connectivity index (χ0n) is 15.6. The standard InChI is InChI=1S/C23H22N4/c1-3-19-15-21(17-11-7-5-8-12-17)25-23(24-19)27-20(4-2)16-22(26-27)18-13-9-6-10-14-18/h5-16H,3-4H2,1-2H3. The molecule has 2 aromatic carbocycles. The highest BCUT2D eigenvalue weighted by Crippen LogP contribution is 2.23. The molecule has 0 bridgehead atoms. The summed E-state index contributed by atoms with van der Waals surface area (Å²) in [6.45, 7) is 4.24. The third-order valence-corrected chi connectivity index (χ3v) is 4.60. The molecule has 4 aromatic rings. The van der Waals surface area contributed by atoms with E-state index in [1.54, 1.807) is 0 Å². The van der Waals surface area contributed by atoms with Crippen molar-refractivity contribution in [3.05, 3.63) is 84.2 Å². The van der Waals surface area contributed by atoms with E-state index in [1.165, 1.54) is 0 Å². The van der Waals surface area contributed by atoms with Crippen LogP contribution in [0.2, 0.25) is 0 Å². The molecule has 4 nitrogen and oxygen atoms in total. The zero-order chi connectivity index (χ0) is 18.6. The van der Waals surface area contributed by atoms with Gasteiger partial charge in [0.05, 0.1) is 11.4 Å². The van der Waals surface area contributed by atoms with Gasteiger partial charge in [0.15, 0.2) is 0 Å². The first kappa shape index (κ1) is 17.2. The highest BCUT2D eigenvalue weighted by atomic mass is 15.4. The number of nitrogens with zero attached hydrogens (tertiary/aromatic N) is 4. The fourth-order valence-electron chi connectivity index (χ4n) is 3.11. The molecule has 0 N–H and O–H groups in total. The lowest BCUT2D eigenvalue weighted by Crippen LogP contribution is -2.09. The van der Waals surface area contributed by atoms with Gasteiger partial charge in [0.1, 0.15) is 0 Å². The lowest BCUT2D eigenvalue weighted by atomic mass is 10.1. The Morgan fingerprint density at radius 2 is 1.33 bits per heavy atom. The maximum Gasteiger partial charge on any atom is 0.251 e. The van der Waals surface area contributed by atoms with Crippen LogP contribution in [0.25, 0.3) is 28.5 Å². The largest absolute Gasteiger partial charge is 0.251 e. The van der Waals surface area contributed by atoms with Crippen LogP contribution in [0.5, 0.6) is 0 Å². The SMILES string of the molecule is CCc1cc(-c2ccccc2)nc(-n2nc(-c3ccccc3)cc2CC)n1. The third-order valence-electron chi connectivity index (χ3n) is 4.60. The van der Waals surface area contributed by atoms with Gasteiger partial charge in [0.25, 0.3) is 5.95 Å². The van der Waals surface area contributed by atoms with Gasteiger partial charge >= 0.3 is 0 Å². The summed E-state index contributed by atoms with van der Waals surface area (Å²) in [6, 6.07) is 24.6. The molecule has 134 valence electrons. The van der Waals surface area contributed by atoms with Gasteiger partial charge in [-0.3, -0.25) is 0 Å². The van der Waals surface area contributed by atoms with Crippen LogP contribution in [0.3, 0.4) is 0 Å². The fourth-order valence-corrected chi connectivity index (χ4v) is 3.11. The lowest BCUT2D eigenvalue weighted by molar-refractivity contribution is 0.754. The van der Waals surface area contributed by atoms with Crippen molar-refractivity contribution in [3.8, 4) is 28.5 Å². The zero-order valence-corrected chi connectivity index (χ0v) is 15.6. The van der Waals surface area contributed by atoms with Gasteiger partial charge in [0.2, 0.25) is 0 Å². The molecule has 0 aliphatic heterocycles. The van der Waals surface area contributed by atoms with Crippen molar-refractivity contribution in [1.29, 1.82) is 0 Å². The van der Waals surface area contributed by atoms with Crippen LogP contribution >= 0.6 is 0 Å². The molecule has 2 heterocycles. The van der Waals surface area contributed by atoms with Gasteiger partial charge in [-0.15, -0.1) is 0 Å². The topological polar surface area (TPSA) is 43.6 Å². The summed E-state index contributed by atoms with van der Waals surface area (Å²) in [7, 11) is 0. The molecule has 2 aromatic heterocycles. The molecule has 0 amide bonds. The van der Waals surface area contributed by atoms with E-state index < -0.39 is 0 Å². The first-order chi connectivity index (χ1) is 13.3. The van der Waals surface area contributed by atoms with E-state index in [1.807, 2.05) is 41.1 Å². The fraction of sp³-hybridized carbons (Fsp3) is 0.174. The molecule has 27 heavy (non-hydrogen) atoms. The van der Waals surface area contributed by atoms with Gasteiger partial charge in [-0.25, -0.2) is 14.6 Å². The highest BCUT2D eigenvalue weighted by Gasteiger charge is 2.14. The molecule has 0 unspecified atom stereocenters. The molecule has 4 heteroatoms. The van der Waals surface area contributed by atoms with Gasteiger partial charge < -0.3 is 0 Å². The number of hydrogen-bond acceptors (Lipinski definition) is 3. The Bertz CT molecular complexity index is 1040. The summed E-state index contributed by atoms with van der Waals surface area (Å²) in [5.41, 5.74) is 6.17. The Balaban J connectivity index is 1.84. The predicted molar refractivity (Wildman–Crippen MR) is 109 cm³/mol. The van der Waals surface area contributed by atoms with Crippen LogP contribution in [-0.2, 0) is 12.8 Å². The molecule has 0 radical (unpaired) electrons. The number of aryl methyl sites for hydroxylation is 2. The van der Waals surface area contributed by atoms with E-state index in [-0.39, 0.29) is 0 Å². The average molecular weight is 354 g/mol. The Hall–Kier alpha value is -3.27. The maximum absolute atomic E-state index is 4.83. The molecule has 0 atom stereocenters. The van der Waals surface area contributed by atoms with E-state index in [9.17, 15) is 0 Å². The molecule has 0 saturated heterocycles. The second-order valence-corrected chi connectivity index (χ2v) is 6.42. The molecule has 0 aliphatic carbocycles. The van der Waals surface area contributed by atoms with Crippen molar-refractivity contribution in [2.75, 3.05) is 0 Å². The van der Waals surface area contributed by atoms with Gasteiger partial charge in [-0.1, -0.05) is 74.5 Å². The second-order valence-electron chi connectivity index (χ2n) is 6.42. The summed E-state index contributed by atoms with van der Waals surface area (Å²) >= 11 is 0. The van der Waals surface area contributed by atoms with Crippen LogP contribution in [-0.4, -0.2) is 19.7 Å². The lowest BCUT2D eigenvalue weighted by Gasteiger charge is -2.09. The van der Waals surface area contributed by atoms with Crippen LogP contribution in [0, 0.1) is 0 Å².